The monoisotopic (exact) mass is 363 g/mol. The number of nitrogens with one attached hydrogen (secondary N) is 1. The van der Waals surface area contributed by atoms with Crippen LogP contribution in [0.2, 0.25) is 0 Å². The van der Waals surface area contributed by atoms with Crippen LogP contribution in [-0.2, 0) is 6.42 Å². The fourth-order valence-electron chi connectivity index (χ4n) is 3.94. The van der Waals surface area contributed by atoms with Crippen molar-refractivity contribution < 1.29 is 4.42 Å². The van der Waals surface area contributed by atoms with E-state index >= 15 is 0 Å². The third-order valence-electron chi connectivity index (χ3n) is 5.31. The highest BCUT2D eigenvalue weighted by Gasteiger charge is 2.38. The second-order valence-corrected chi connectivity index (χ2v) is 6.71. The number of hydrogen-bond acceptors (Lipinski definition) is 4. The van der Waals surface area contributed by atoms with E-state index < -0.39 is 0 Å². The van der Waals surface area contributed by atoms with Gasteiger partial charge < -0.3 is 14.6 Å². The average Bonchev–Trinajstić information content (AvgIpc) is 2.96. The topological polar surface area (TPSA) is 31.6 Å². The fraction of sp³-hybridized carbons (Fsp3) is 0.765. The Morgan fingerprint density at radius 3 is 2.70 bits per heavy atom. The van der Waals surface area contributed by atoms with Gasteiger partial charge in [-0.05, 0) is 77.6 Å². The Bertz CT molecular complexity index is 421. The molecule has 134 valence electrons. The summed E-state index contributed by atoms with van der Waals surface area (Å²) in [5, 5.41) is 3.52. The zero-order valence-corrected chi connectivity index (χ0v) is 15.8. The minimum atomic E-state index is 0. The molecule has 1 aromatic heterocycles. The molecule has 0 amide bonds. The van der Waals surface area contributed by atoms with Crippen LogP contribution in [-0.4, -0.2) is 61.7 Å². The first-order valence-corrected chi connectivity index (χ1v) is 8.45. The van der Waals surface area contributed by atoms with Gasteiger partial charge in [-0.2, -0.15) is 0 Å². The molecule has 0 saturated carbocycles. The van der Waals surface area contributed by atoms with E-state index in [9.17, 15) is 0 Å². The highest BCUT2D eigenvalue weighted by Crippen LogP contribution is 2.28. The smallest absolute Gasteiger partial charge is 0.103 e. The van der Waals surface area contributed by atoms with Gasteiger partial charge in [-0.15, -0.1) is 24.8 Å². The molecule has 4 nitrogen and oxygen atoms in total. The zero-order valence-electron chi connectivity index (χ0n) is 14.1. The summed E-state index contributed by atoms with van der Waals surface area (Å²) in [6.45, 7) is 7.27. The predicted molar refractivity (Wildman–Crippen MR) is 100 cm³/mol. The minimum absolute atomic E-state index is 0. The largest absolute Gasteiger partial charge is 0.469 e. The van der Waals surface area contributed by atoms with Gasteiger partial charge in [-0.25, -0.2) is 0 Å². The maximum Gasteiger partial charge on any atom is 0.103 e. The van der Waals surface area contributed by atoms with Crippen LogP contribution < -0.4 is 5.32 Å². The molecular formula is C17H31Cl2N3O. The van der Waals surface area contributed by atoms with Gasteiger partial charge in [0.05, 0.1) is 6.26 Å². The van der Waals surface area contributed by atoms with Crippen LogP contribution >= 0.6 is 24.8 Å². The van der Waals surface area contributed by atoms with E-state index in [4.69, 9.17) is 4.42 Å². The van der Waals surface area contributed by atoms with Crippen LogP contribution in [0.4, 0.5) is 0 Å². The van der Waals surface area contributed by atoms with Gasteiger partial charge in [0.15, 0.2) is 0 Å². The summed E-state index contributed by atoms with van der Waals surface area (Å²) in [4.78, 5) is 5.33. The lowest BCUT2D eigenvalue weighted by Gasteiger charge is -2.45. The highest BCUT2D eigenvalue weighted by molar-refractivity contribution is 5.85. The van der Waals surface area contributed by atoms with Crippen LogP contribution in [0.3, 0.4) is 0 Å². The van der Waals surface area contributed by atoms with Gasteiger partial charge in [0.25, 0.3) is 0 Å². The van der Waals surface area contributed by atoms with Crippen molar-refractivity contribution in [2.24, 2.45) is 0 Å². The van der Waals surface area contributed by atoms with Gasteiger partial charge in [0.1, 0.15) is 5.76 Å². The molecule has 2 aliphatic rings. The highest BCUT2D eigenvalue weighted by atomic mass is 35.5. The molecule has 2 fully saturated rings. The van der Waals surface area contributed by atoms with E-state index in [2.05, 4.69) is 28.2 Å². The van der Waals surface area contributed by atoms with Gasteiger partial charge in [0.2, 0.25) is 0 Å². The number of rotatable bonds is 4. The Kier molecular flexibility index (Phi) is 8.94. The first-order valence-electron chi connectivity index (χ1n) is 8.45. The number of nitrogens with zero attached hydrogens (tertiary/aromatic N) is 2. The molecule has 1 aromatic rings. The molecule has 2 saturated heterocycles. The summed E-state index contributed by atoms with van der Waals surface area (Å²) in [5.74, 6) is 1.12. The number of likely N-dealkylation sites (N-methyl/N-ethyl adjacent to an activating group) is 1. The molecule has 0 unspecified atom stereocenters. The van der Waals surface area contributed by atoms with Crippen molar-refractivity contribution in [2.75, 3.05) is 46.3 Å². The molecule has 2 aliphatic heterocycles. The van der Waals surface area contributed by atoms with Gasteiger partial charge in [-0.3, -0.25) is 4.90 Å². The molecule has 0 aromatic carbocycles. The Balaban J connectivity index is 0.00000132. The number of aryl methyl sites for hydroxylation is 1. The Labute approximate surface area is 152 Å². The Hall–Kier alpha value is -0.260. The predicted octanol–water partition coefficient (Wildman–Crippen LogP) is 2.82. The van der Waals surface area contributed by atoms with E-state index in [1.54, 1.807) is 6.26 Å². The molecular weight excluding hydrogens is 333 g/mol. The maximum absolute atomic E-state index is 5.44. The van der Waals surface area contributed by atoms with Crippen LogP contribution in [0.1, 0.15) is 31.4 Å². The quantitative estimate of drug-likeness (QED) is 0.890. The summed E-state index contributed by atoms with van der Waals surface area (Å²) in [6, 6.07) is 4.07. The molecule has 0 atom stereocenters. The zero-order chi connectivity index (χ0) is 14.5. The van der Waals surface area contributed by atoms with Crippen molar-refractivity contribution in [3.63, 3.8) is 0 Å². The third kappa shape index (κ3) is 5.36. The van der Waals surface area contributed by atoms with Crippen molar-refractivity contribution in [1.82, 2.24) is 15.1 Å². The van der Waals surface area contributed by atoms with Gasteiger partial charge in [-0.1, -0.05) is 0 Å². The van der Waals surface area contributed by atoms with E-state index in [1.807, 2.05) is 6.07 Å². The van der Waals surface area contributed by atoms with Gasteiger partial charge >= 0.3 is 0 Å². The number of hydrogen-bond donors (Lipinski definition) is 1. The lowest BCUT2D eigenvalue weighted by atomic mass is 9.86. The van der Waals surface area contributed by atoms with E-state index in [-0.39, 0.29) is 24.8 Å². The first kappa shape index (κ1) is 20.8. The molecule has 0 aliphatic carbocycles. The Morgan fingerprint density at radius 1 is 1.22 bits per heavy atom. The summed E-state index contributed by atoms with van der Waals surface area (Å²) < 4.78 is 5.44. The molecule has 0 radical (unpaired) electrons. The lowest BCUT2D eigenvalue weighted by Crippen LogP contribution is -2.57. The summed E-state index contributed by atoms with van der Waals surface area (Å²) in [7, 11) is 2.33. The van der Waals surface area contributed by atoms with E-state index in [1.165, 1.54) is 65.0 Å². The van der Waals surface area contributed by atoms with Gasteiger partial charge in [0, 0.05) is 18.5 Å². The van der Waals surface area contributed by atoms with Crippen LogP contribution in [0.15, 0.2) is 22.8 Å². The van der Waals surface area contributed by atoms with Crippen molar-refractivity contribution >= 4 is 24.8 Å². The second kappa shape index (κ2) is 9.90. The van der Waals surface area contributed by atoms with Crippen molar-refractivity contribution in [1.29, 1.82) is 0 Å². The van der Waals surface area contributed by atoms with Crippen LogP contribution in [0, 0.1) is 0 Å². The maximum atomic E-state index is 5.44. The third-order valence-corrected chi connectivity index (χ3v) is 5.31. The average molecular weight is 364 g/mol. The standard InChI is InChI=1S/C17H29N3O.2ClH/c1-19-11-4-13-20(12-2-5-16-6-3-14-21-16)15-17(19)7-9-18-10-8-17;;/h3,6,14,18H,2,4-5,7-13,15H2,1H3;2*1H. The number of piperidine rings is 1. The molecule has 3 heterocycles. The molecule has 23 heavy (non-hydrogen) atoms. The summed E-state index contributed by atoms with van der Waals surface area (Å²) in [5.41, 5.74) is 0.409. The summed E-state index contributed by atoms with van der Waals surface area (Å²) in [6.07, 6.45) is 7.92. The lowest BCUT2D eigenvalue weighted by molar-refractivity contribution is 0.0654. The first-order chi connectivity index (χ1) is 10.3. The SMILES string of the molecule is CN1CCCN(CCCc2ccco2)CC12CCNCC2.Cl.Cl. The van der Waals surface area contributed by atoms with E-state index in [0.717, 1.165) is 12.2 Å². The van der Waals surface area contributed by atoms with Crippen LogP contribution in [0.5, 0.6) is 0 Å². The molecule has 1 N–H and O–H groups in total. The fourth-order valence-corrected chi connectivity index (χ4v) is 3.94. The van der Waals surface area contributed by atoms with Crippen molar-refractivity contribution in [2.45, 2.75) is 37.6 Å². The summed E-state index contributed by atoms with van der Waals surface area (Å²) >= 11 is 0. The van der Waals surface area contributed by atoms with E-state index in [0.29, 0.717) is 5.54 Å². The molecule has 1 spiro atoms. The minimum Gasteiger partial charge on any atom is -0.469 e. The van der Waals surface area contributed by atoms with Crippen molar-refractivity contribution in [3.05, 3.63) is 24.2 Å². The number of furan rings is 1. The normalized spacial score (nSPS) is 22.1. The molecule has 0 bridgehead atoms. The van der Waals surface area contributed by atoms with Crippen molar-refractivity contribution in [3.8, 4) is 0 Å². The second-order valence-electron chi connectivity index (χ2n) is 6.71. The molecule has 6 heteroatoms. The Morgan fingerprint density at radius 2 is 2.00 bits per heavy atom. The number of halogens is 2. The molecule has 3 rings (SSSR count). The van der Waals surface area contributed by atoms with Crippen LogP contribution in [0.25, 0.3) is 0 Å².